The molecule has 110 valence electrons. The van der Waals surface area contributed by atoms with Crippen molar-refractivity contribution in [1.29, 1.82) is 0 Å². The van der Waals surface area contributed by atoms with Crippen LogP contribution in [0.3, 0.4) is 0 Å². The predicted octanol–water partition coefficient (Wildman–Crippen LogP) is 2.88. The third-order valence-electron chi connectivity index (χ3n) is 3.27. The van der Waals surface area contributed by atoms with Gasteiger partial charge in [0.1, 0.15) is 12.1 Å². The minimum atomic E-state index is -0.855. The molecule has 0 saturated heterocycles. The second-order valence-electron chi connectivity index (χ2n) is 5.17. The highest BCUT2D eigenvalue weighted by Gasteiger charge is 2.19. The van der Waals surface area contributed by atoms with Gasteiger partial charge < -0.3 is 10.4 Å². The highest BCUT2D eigenvalue weighted by Crippen LogP contribution is 2.18. The highest BCUT2D eigenvalue weighted by atomic mass is 16.4. The van der Waals surface area contributed by atoms with E-state index < -0.39 is 11.9 Å². The minimum Gasteiger partial charge on any atom is -0.481 e. The second-order valence-corrected chi connectivity index (χ2v) is 5.17. The van der Waals surface area contributed by atoms with E-state index in [2.05, 4.69) is 29.1 Å². The number of benzene rings is 1. The van der Waals surface area contributed by atoms with Crippen LogP contribution in [0.15, 0.2) is 42.7 Å². The lowest BCUT2D eigenvalue weighted by Crippen LogP contribution is -2.21. The van der Waals surface area contributed by atoms with E-state index in [4.69, 9.17) is 0 Å². The van der Waals surface area contributed by atoms with Crippen molar-refractivity contribution in [3.8, 4) is 0 Å². The fraction of sp³-hybridized carbons (Fsp3) is 0.312. The molecule has 0 radical (unpaired) electrons. The van der Waals surface area contributed by atoms with Crippen molar-refractivity contribution in [1.82, 2.24) is 9.97 Å². The van der Waals surface area contributed by atoms with Gasteiger partial charge >= 0.3 is 5.97 Å². The van der Waals surface area contributed by atoms with Crippen molar-refractivity contribution in [2.45, 2.75) is 25.7 Å². The van der Waals surface area contributed by atoms with E-state index in [0.717, 1.165) is 11.3 Å². The molecule has 1 aromatic carbocycles. The van der Waals surface area contributed by atoms with Crippen LogP contribution in [0.4, 0.5) is 5.82 Å². The van der Waals surface area contributed by atoms with Gasteiger partial charge in [0, 0.05) is 18.3 Å². The molecule has 0 aliphatic heterocycles. The lowest BCUT2D eigenvalue weighted by molar-refractivity contribution is -0.138. The van der Waals surface area contributed by atoms with E-state index in [1.54, 1.807) is 0 Å². The van der Waals surface area contributed by atoms with Crippen LogP contribution in [0.25, 0.3) is 0 Å². The Labute approximate surface area is 124 Å². The number of hydrogen-bond donors (Lipinski definition) is 2. The van der Waals surface area contributed by atoms with Crippen molar-refractivity contribution in [2.75, 3.05) is 11.9 Å². The number of nitrogens with zero attached hydrogens (tertiary/aromatic N) is 2. The van der Waals surface area contributed by atoms with Crippen LogP contribution in [0.5, 0.6) is 0 Å². The van der Waals surface area contributed by atoms with Crippen LogP contribution < -0.4 is 5.32 Å². The number of nitrogens with one attached hydrogen (secondary N) is 1. The molecule has 1 heterocycles. The molecule has 1 atom stereocenters. The molecule has 2 rings (SSSR count). The lowest BCUT2D eigenvalue weighted by atomic mass is 9.99. The average Bonchev–Trinajstić information content (AvgIpc) is 2.48. The highest BCUT2D eigenvalue weighted by molar-refractivity contribution is 5.76. The summed E-state index contributed by atoms with van der Waals surface area (Å²) in [6.07, 6.45) is 1.50. The molecular weight excluding hydrogens is 266 g/mol. The van der Waals surface area contributed by atoms with Crippen LogP contribution >= 0.6 is 0 Å². The van der Waals surface area contributed by atoms with Gasteiger partial charge in [0.15, 0.2) is 0 Å². The number of hydrogen-bond acceptors (Lipinski definition) is 4. The molecule has 0 amide bonds. The summed E-state index contributed by atoms with van der Waals surface area (Å²) in [6.45, 7) is 4.39. The van der Waals surface area contributed by atoms with Crippen LogP contribution in [0.2, 0.25) is 0 Å². The van der Waals surface area contributed by atoms with Gasteiger partial charge in [-0.25, -0.2) is 9.97 Å². The summed E-state index contributed by atoms with van der Waals surface area (Å²) < 4.78 is 0. The molecule has 0 aliphatic rings. The van der Waals surface area contributed by atoms with Gasteiger partial charge in [-0.3, -0.25) is 4.79 Å². The molecule has 0 bridgehead atoms. The van der Waals surface area contributed by atoms with Crippen LogP contribution in [-0.4, -0.2) is 27.6 Å². The monoisotopic (exact) mass is 285 g/mol. The molecule has 5 nitrogen and oxygen atoms in total. The molecule has 1 aromatic heterocycles. The van der Waals surface area contributed by atoms with Gasteiger partial charge in [0.05, 0.1) is 5.92 Å². The first-order chi connectivity index (χ1) is 10.1. The summed E-state index contributed by atoms with van der Waals surface area (Å²) in [4.78, 5) is 19.7. The molecule has 2 N–H and O–H groups in total. The van der Waals surface area contributed by atoms with Gasteiger partial charge in [-0.1, -0.05) is 44.2 Å². The van der Waals surface area contributed by atoms with E-state index in [-0.39, 0.29) is 6.54 Å². The van der Waals surface area contributed by atoms with E-state index >= 15 is 0 Å². The average molecular weight is 285 g/mol. The largest absolute Gasteiger partial charge is 0.481 e. The van der Waals surface area contributed by atoms with E-state index in [9.17, 15) is 9.90 Å². The van der Waals surface area contributed by atoms with Gasteiger partial charge in [-0.2, -0.15) is 0 Å². The normalized spacial score (nSPS) is 12.1. The van der Waals surface area contributed by atoms with Crippen LogP contribution in [0.1, 0.15) is 36.9 Å². The molecular formula is C16H19N3O2. The SMILES string of the molecule is CC(C)c1cc(NC[C@@H](C(=O)O)c2ccccc2)ncn1. The number of carboxylic acids is 1. The lowest BCUT2D eigenvalue weighted by Gasteiger charge is -2.14. The van der Waals surface area contributed by atoms with Crippen molar-refractivity contribution in [3.63, 3.8) is 0 Å². The number of aromatic nitrogens is 2. The van der Waals surface area contributed by atoms with Gasteiger partial charge in [0.2, 0.25) is 0 Å². The fourth-order valence-corrected chi connectivity index (χ4v) is 2.02. The summed E-state index contributed by atoms with van der Waals surface area (Å²) in [6, 6.07) is 11.0. The minimum absolute atomic E-state index is 0.286. The molecule has 0 saturated carbocycles. The number of carbonyl (C=O) groups is 1. The Hall–Kier alpha value is -2.43. The Balaban J connectivity index is 2.09. The zero-order valence-electron chi connectivity index (χ0n) is 12.2. The number of aliphatic carboxylic acids is 1. The number of carboxylic acid groups (broad SMARTS) is 1. The molecule has 0 spiro atoms. The Kier molecular flexibility index (Phi) is 4.87. The first-order valence-corrected chi connectivity index (χ1v) is 6.91. The van der Waals surface area contributed by atoms with Crippen LogP contribution in [0, 0.1) is 0 Å². The molecule has 2 aromatic rings. The Morgan fingerprint density at radius 2 is 1.95 bits per heavy atom. The maximum atomic E-state index is 11.4. The van der Waals surface area contributed by atoms with Gasteiger partial charge in [-0.05, 0) is 11.5 Å². The zero-order chi connectivity index (χ0) is 15.2. The van der Waals surface area contributed by atoms with Crippen molar-refractivity contribution >= 4 is 11.8 Å². The number of rotatable bonds is 6. The van der Waals surface area contributed by atoms with Crippen LogP contribution in [-0.2, 0) is 4.79 Å². The van der Waals surface area contributed by atoms with Crippen molar-refractivity contribution in [3.05, 3.63) is 54.0 Å². The topological polar surface area (TPSA) is 75.1 Å². The zero-order valence-corrected chi connectivity index (χ0v) is 12.2. The first kappa shape index (κ1) is 15.0. The quantitative estimate of drug-likeness (QED) is 0.853. The van der Waals surface area contributed by atoms with Gasteiger partial charge in [-0.15, -0.1) is 0 Å². The Bertz CT molecular complexity index is 599. The van der Waals surface area contributed by atoms with E-state index in [0.29, 0.717) is 11.7 Å². The van der Waals surface area contributed by atoms with Crippen molar-refractivity contribution in [2.24, 2.45) is 0 Å². The molecule has 0 fully saturated rings. The second kappa shape index (κ2) is 6.83. The summed E-state index contributed by atoms with van der Waals surface area (Å²) >= 11 is 0. The Morgan fingerprint density at radius 3 is 2.57 bits per heavy atom. The summed E-state index contributed by atoms with van der Waals surface area (Å²) in [7, 11) is 0. The predicted molar refractivity (Wildman–Crippen MR) is 81.4 cm³/mol. The third kappa shape index (κ3) is 4.02. The standard InChI is InChI=1S/C16H19N3O2/c1-11(2)14-8-15(19-10-18-14)17-9-13(16(20)21)12-6-4-3-5-7-12/h3-8,10-11,13H,9H2,1-2H3,(H,20,21)(H,17,18,19)/t13-/m1/s1. The smallest absolute Gasteiger partial charge is 0.312 e. The molecule has 5 heteroatoms. The molecule has 21 heavy (non-hydrogen) atoms. The molecule has 0 unspecified atom stereocenters. The van der Waals surface area contributed by atoms with Crippen molar-refractivity contribution < 1.29 is 9.90 Å². The van der Waals surface area contributed by atoms with E-state index in [1.165, 1.54) is 6.33 Å². The fourth-order valence-electron chi connectivity index (χ4n) is 2.02. The first-order valence-electron chi connectivity index (χ1n) is 6.91. The maximum Gasteiger partial charge on any atom is 0.312 e. The molecule has 0 aliphatic carbocycles. The third-order valence-corrected chi connectivity index (χ3v) is 3.27. The van der Waals surface area contributed by atoms with Gasteiger partial charge in [0.25, 0.3) is 0 Å². The number of anilines is 1. The van der Waals surface area contributed by atoms with E-state index in [1.807, 2.05) is 36.4 Å². The summed E-state index contributed by atoms with van der Waals surface area (Å²) in [5.41, 5.74) is 1.70. The summed E-state index contributed by atoms with van der Waals surface area (Å²) in [5, 5.41) is 12.5. The Morgan fingerprint density at radius 1 is 1.24 bits per heavy atom. The summed E-state index contributed by atoms with van der Waals surface area (Å²) in [5.74, 6) is -0.510. The maximum absolute atomic E-state index is 11.4.